The molecule has 122 valence electrons. The number of rotatable bonds is 4. The molecular formula is C16H17Cl2N3O2. The molecule has 23 heavy (non-hydrogen) atoms. The summed E-state index contributed by atoms with van der Waals surface area (Å²) < 4.78 is 7.46. The molecule has 0 bridgehead atoms. The number of carbonyl (C=O) groups is 1. The first-order valence-corrected chi connectivity index (χ1v) is 8.20. The Morgan fingerprint density at radius 1 is 1.26 bits per heavy atom. The van der Waals surface area contributed by atoms with E-state index in [0.717, 1.165) is 5.56 Å². The number of nitrogens with zero attached hydrogens (tertiary/aromatic N) is 3. The summed E-state index contributed by atoms with van der Waals surface area (Å²) in [6.45, 7) is 2.23. The first-order chi connectivity index (χ1) is 11.1. The molecule has 0 radical (unpaired) electrons. The average molecular weight is 354 g/mol. The van der Waals surface area contributed by atoms with Crippen molar-refractivity contribution in [2.45, 2.75) is 19.1 Å². The number of halogens is 2. The standard InChI is InChI=1S/C16H17Cl2N3O2/c17-13-3-1-12(2-4-13)15-11-20(7-8-23-15)16(22)5-6-21-10-14(18)9-19-21/h1-4,9-10,15H,5-8,11H2/t15-/m0/s1. The van der Waals surface area contributed by atoms with Crippen LogP contribution in [-0.4, -0.2) is 40.3 Å². The maximum absolute atomic E-state index is 12.4. The van der Waals surface area contributed by atoms with E-state index in [4.69, 9.17) is 27.9 Å². The van der Waals surface area contributed by atoms with Crippen molar-refractivity contribution in [3.63, 3.8) is 0 Å². The molecule has 0 unspecified atom stereocenters. The summed E-state index contributed by atoms with van der Waals surface area (Å²) in [5, 5.41) is 5.35. The van der Waals surface area contributed by atoms with Gasteiger partial charge in [-0.3, -0.25) is 9.48 Å². The fraction of sp³-hybridized carbons (Fsp3) is 0.375. The minimum absolute atomic E-state index is 0.0962. The SMILES string of the molecule is O=C(CCn1cc(Cl)cn1)N1CCO[C@H](c2ccc(Cl)cc2)C1. The number of ether oxygens (including phenoxy) is 1. The second kappa shape index (κ2) is 7.34. The minimum Gasteiger partial charge on any atom is -0.370 e. The van der Waals surface area contributed by atoms with Crippen molar-refractivity contribution in [2.75, 3.05) is 19.7 Å². The van der Waals surface area contributed by atoms with Gasteiger partial charge in [-0.25, -0.2) is 0 Å². The summed E-state index contributed by atoms with van der Waals surface area (Å²) in [4.78, 5) is 14.2. The van der Waals surface area contributed by atoms with Crippen molar-refractivity contribution in [2.24, 2.45) is 0 Å². The molecule has 1 saturated heterocycles. The number of hydrogen-bond acceptors (Lipinski definition) is 3. The van der Waals surface area contributed by atoms with Gasteiger partial charge in [0, 0.05) is 30.7 Å². The monoisotopic (exact) mass is 353 g/mol. The molecule has 0 spiro atoms. The summed E-state index contributed by atoms with van der Waals surface area (Å²) in [5.41, 5.74) is 1.03. The zero-order valence-electron chi connectivity index (χ0n) is 12.5. The molecule has 2 heterocycles. The molecule has 1 atom stereocenters. The Balaban J connectivity index is 1.57. The van der Waals surface area contributed by atoms with E-state index in [1.165, 1.54) is 0 Å². The maximum Gasteiger partial charge on any atom is 0.224 e. The molecule has 1 aromatic carbocycles. The van der Waals surface area contributed by atoms with Crippen LogP contribution in [0.1, 0.15) is 18.1 Å². The molecule has 7 heteroatoms. The average Bonchev–Trinajstić information content (AvgIpc) is 2.99. The highest BCUT2D eigenvalue weighted by Crippen LogP contribution is 2.24. The summed E-state index contributed by atoms with van der Waals surface area (Å²) in [7, 11) is 0. The van der Waals surface area contributed by atoms with Crippen LogP contribution >= 0.6 is 23.2 Å². The van der Waals surface area contributed by atoms with Gasteiger partial charge in [0.1, 0.15) is 6.10 Å². The Morgan fingerprint density at radius 3 is 2.74 bits per heavy atom. The van der Waals surface area contributed by atoms with E-state index in [0.29, 0.717) is 42.7 Å². The largest absolute Gasteiger partial charge is 0.370 e. The van der Waals surface area contributed by atoms with Gasteiger partial charge in [-0.1, -0.05) is 35.3 Å². The Labute approximate surface area is 144 Å². The highest BCUT2D eigenvalue weighted by molar-refractivity contribution is 6.30. The topological polar surface area (TPSA) is 47.4 Å². The molecule has 0 aliphatic carbocycles. The van der Waals surface area contributed by atoms with Crippen molar-refractivity contribution in [1.82, 2.24) is 14.7 Å². The predicted molar refractivity (Wildman–Crippen MR) is 88.6 cm³/mol. The molecule has 0 N–H and O–H groups in total. The van der Waals surface area contributed by atoms with Crippen molar-refractivity contribution >= 4 is 29.1 Å². The van der Waals surface area contributed by atoms with Crippen LogP contribution in [0, 0.1) is 0 Å². The van der Waals surface area contributed by atoms with Crippen LogP contribution in [-0.2, 0) is 16.1 Å². The number of aryl methyl sites for hydroxylation is 1. The van der Waals surface area contributed by atoms with Gasteiger partial charge in [0.2, 0.25) is 5.91 Å². The van der Waals surface area contributed by atoms with E-state index in [-0.39, 0.29) is 12.0 Å². The van der Waals surface area contributed by atoms with E-state index in [2.05, 4.69) is 5.10 Å². The van der Waals surface area contributed by atoms with E-state index in [9.17, 15) is 4.79 Å². The van der Waals surface area contributed by atoms with Gasteiger partial charge in [0.25, 0.3) is 0 Å². The summed E-state index contributed by atoms with van der Waals surface area (Å²) in [6.07, 6.45) is 3.57. The van der Waals surface area contributed by atoms with Crippen molar-refractivity contribution in [1.29, 1.82) is 0 Å². The van der Waals surface area contributed by atoms with E-state index in [1.807, 2.05) is 29.2 Å². The molecule has 1 aromatic heterocycles. The molecule has 1 aliphatic rings. The molecule has 1 aliphatic heterocycles. The van der Waals surface area contributed by atoms with Crippen LogP contribution in [0.5, 0.6) is 0 Å². The smallest absolute Gasteiger partial charge is 0.224 e. The van der Waals surface area contributed by atoms with Crippen LogP contribution in [0.2, 0.25) is 10.0 Å². The van der Waals surface area contributed by atoms with E-state index < -0.39 is 0 Å². The third-order valence-electron chi connectivity index (χ3n) is 3.82. The lowest BCUT2D eigenvalue weighted by Crippen LogP contribution is -2.42. The quantitative estimate of drug-likeness (QED) is 0.847. The van der Waals surface area contributed by atoms with Gasteiger partial charge in [-0.15, -0.1) is 0 Å². The number of amides is 1. The van der Waals surface area contributed by atoms with Gasteiger partial charge in [0.05, 0.1) is 24.4 Å². The van der Waals surface area contributed by atoms with Gasteiger partial charge < -0.3 is 9.64 Å². The first-order valence-electron chi connectivity index (χ1n) is 7.44. The number of hydrogen-bond donors (Lipinski definition) is 0. The van der Waals surface area contributed by atoms with E-state index in [1.54, 1.807) is 17.1 Å². The Hall–Kier alpha value is -1.56. The second-order valence-electron chi connectivity index (χ2n) is 5.42. The normalized spacial score (nSPS) is 18.2. The first kappa shape index (κ1) is 16.3. The molecule has 1 amide bonds. The third kappa shape index (κ3) is 4.25. The Kier molecular flexibility index (Phi) is 5.20. The number of benzene rings is 1. The van der Waals surface area contributed by atoms with Gasteiger partial charge in [0.15, 0.2) is 0 Å². The lowest BCUT2D eigenvalue weighted by atomic mass is 10.1. The van der Waals surface area contributed by atoms with Crippen LogP contribution in [0.4, 0.5) is 0 Å². The van der Waals surface area contributed by atoms with Crippen LogP contribution in [0.3, 0.4) is 0 Å². The maximum atomic E-state index is 12.4. The lowest BCUT2D eigenvalue weighted by Gasteiger charge is -2.33. The minimum atomic E-state index is -0.107. The van der Waals surface area contributed by atoms with Gasteiger partial charge >= 0.3 is 0 Å². The highest BCUT2D eigenvalue weighted by atomic mass is 35.5. The molecule has 3 rings (SSSR count). The number of carbonyl (C=O) groups excluding carboxylic acids is 1. The molecule has 0 saturated carbocycles. The number of morpholine rings is 1. The summed E-state index contributed by atoms with van der Waals surface area (Å²) in [5.74, 6) is 0.0962. The fourth-order valence-corrected chi connectivity index (χ4v) is 2.87. The Morgan fingerprint density at radius 2 is 2.04 bits per heavy atom. The highest BCUT2D eigenvalue weighted by Gasteiger charge is 2.25. The fourth-order valence-electron chi connectivity index (χ4n) is 2.58. The summed E-state index contributed by atoms with van der Waals surface area (Å²) >= 11 is 11.7. The van der Waals surface area contributed by atoms with Crippen molar-refractivity contribution < 1.29 is 9.53 Å². The lowest BCUT2D eigenvalue weighted by molar-refractivity contribution is -0.139. The number of aromatic nitrogens is 2. The molecule has 2 aromatic rings. The molecular weight excluding hydrogens is 337 g/mol. The van der Waals surface area contributed by atoms with Crippen LogP contribution < -0.4 is 0 Å². The van der Waals surface area contributed by atoms with Crippen LogP contribution in [0.15, 0.2) is 36.7 Å². The third-order valence-corrected chi connectivity index (χ3v) is 4.26. The van der Waals surface area contributed by atoms with E-state index >= 15 is 0 Å². The second-order valence-corrected chi connectivity index (χ2v) is 6.30. The van der Waals surface area contributed by atoms with Crippen molar-refractivity contribution in [3.05, 3.63) is 52.3 Å². The zero-order chi connectivity index (χ0) is 16.2. The molecule has 5 nitrogen and oxygen atoms in total. The van der Waals surface area contributed by atoms with Gasteiger partial charge in [-0.2, -0.15) is 5.10 Å². The predicted octanol–water partition coefficient (Wildman–Crippen LogP) is 3.18. The van der Waals surface area contributed by atoms with Crippen LogP contribution in [0.25, 0.3) is 0 Å². The van der Waals surface area contributed by atoms with Crippen molar-refractivity contribution in [3.8, 4) is 0 Å². The zero-order valence-corrected chi connectivity index (χ0v) is 14.0. The van der Waals surface area contributed by atoms with Gasteiger partial charge in [-0.05, 0) is 17.7 Å². The Bertz CT molecular complexity index is 672. The summed E-state index contributed by atoms with van der Waals surface area (Å²) in [6, 6.07) is 7.55. The molecule has 1 fully saturated rings.